The third-order valence-corrected chi connectivity index (χ3v) is 5.39. The van der Waals surface area contributed by atoms with Crippen molar-refractivity contribution in [2.24, 2.45) is 0 Å². The Labute approximate surface area is 126 Å². The van der Waals surface area contributed by atoms with Gasteiger partial charge in [0.25, 0.3) is 0 Å². The normalized spacial score (nSPS) is 12.7. The molecule has 3 rings (SSSR count). The lowest BCUT2D eigenvalue weighted by Crippen LogP contribution is -1.92. The predicted molar refractivity (Wildman–Crippen MR) is 88.3 cm³/mol. The molecule has 0 bridgehead atoms. The van der Waals surface area contributed by atoms with E-state index in [9.17, 15) is 0 Å². The van der Waals surface area contributed by atoms with Crippen LogP contribution in [-0.4, -0.2) is 0 Å². The molecule has 1 atom stereocenters. The van der Waals surface area contributed by atoms with Crippen LogP contribution in [0, 0.1) is 0 Å². The third-order valence-electron chi connectivity index (χ3n) is 3.39. The van der Waals surface area contributed by atoms with Crippen LogP contribution in [-0.2, 0) is 6.42 Å². The van der Waals surface area contributed by atoms with Gasteiger partial charge in [-0.2, -0.15) is 0 Å². The van der Waals surface area contributed by atoms with E-state index in [1.807, 2.05) is 11.3 Å². The van der Waals surface area contributed by atoms with Gasteiger partial charge in [-0.05, 0) is 40.8 Å². The van der Waals surface area contributed by atoms with E-state index in [0.717, 1.165) is 12.8 Å². The van der Waals surface area contributed by atoms with Gasteiger partial charge in [0.2, 0.25) is 0 Å². The Balaban J connectivity index is 1.73. The molecule has 0 radical (unpaired) electrons. The zero-order chi connectivity index (χ0) is 13.1. The van der Waals surface area contributed by atoms with Gasteiger partial charge in [0.1, 0.15) is 0 Å². The number of hydrogen-bond acceptors (Lipinski definition) is 1. The minimum Gasteiger partial charge on any atom is -0.144 e. The van der Waals surface area contributed by atoms with Crippen LogP contribution in [0.15, 0.2) is 60.0 Å². The second-order valence-corrected chi connectivity index (χ2v) is 6.69. The number of rotatable bonds is 4. The van der Waals surface area contributed by atoms with Crippen molar-refractivity contribution in [3.8, 4) is 0 Å². The Hall–Kier alpha value is -1.12. The molecule has 0 N–H and O–H groups in total. The van der Waals surface area contributed by atoms with Crippen LogP contribution in [0.4, 0.5) is 0 Å². The third kappa shape index (κ3) is 2.90. The first-order chi connectivity index (χ1) is 9.34. The molecular weight excluding hydrogens is 316 g/mol. The summed E-state index contributed by atoms with van der Waals surface area (Å²) in [6.45, 7) is 0. The molecular formula is C17H15BrS. The van der Waals surface area contributed by atoms with Crippen molar-refractivity contribution in [1.82, 2.24) is 0 Å². The molecule has 0 aliphatic rings. The summed E-state index contributed by atoms with van der Waals surface area (Å²) in [6.07, 6.45) is 2.25. The average Bonchev–Trinajstić information content (AvgIpc) is 2.89. The fourth-order valence-corrected chi connectivity index (χ4v) is 3.87. The second kappa shape index (κ2) is 5.89. The maximum Gasteiger partial charge on any atom is 0.0398 e. The SMILES string of the molecule is BrC(CCc1csc2ccccc12)c1ccccc1. The number of thiophene rings is 1. The summed E-state index contributed by atoms with van der Waals surface area (Å²) in [5.74, 6) is 0. The van der Waals surface area contributed by atoms with Crippen LogP contribution in [0.25, 0.3) is 10.1 Å². The first-order valence-electron chi connectivity index (χ1n) is 6.49. The highest BCUT2D eigenvalue weighted by atomic mass is 79.9. The number of benzene rings is 2. The van der Waals surface area contributed by atoms with Crippen molar-refractivity contribution >= 4 is 37.4 Å². The van der Waals surface area contributed by atoms with Crippen molar-refractivity contribution < 1.29 is 0 Å². The monoisotopic (exact) mass is 330 g/mol. The molecule has 0 saturated heterocycles. The summed E-state index contributed by atoms with van der Waals surface area (Å²) in [6, 6.07) is 19.3. The van der Waals surface area contributed by atoms with E-state index in [0.29, 0.717) is 4.83 Å². The molecule has 96 valence electrons. The van der Waals surface area contributed by atoms with E-state index in [1.54, 1.807) is 0 Å². The van der Waals surface area contributed by atoms with Gasteiger partial charge < -0.3 is 0 Å². The van der Waals surface area contributed by atoms with Gasteiger partial charge in [0, 0.05) is 9.53 Å². The first kappa shape index (κ1) is 12.9. The van der Waals surface area contributed by atoms with E-state index < -0.39 is 0 Å². The molecule has 1 unspecified atom stereocenters. The molecule has 0 spiro atoms. The number of hydrogen-bond donors (Lipinski definition) is 0. The summed E-state index contributed by atoms with van der Waals surface area (Å²) < 4.78 is 1.39. The standard InChI is InChI=1S/C17H15BrS/c18-16(13-6-2-1-3-7-13)11-10-14-12-19-17-9-5-4-8-15(14)17/h1-9,12,16H,10-11H2. The summed E-state index contributed by atoms with van der Waals surface area (Å²) in [7, 11) is 0. The molecule has 19 heavy (non-hydrogen) atoms. The smallest absolute Gasteiger partial charge is 0.0398 e. The van der Waals surface area contributed by atoms with Gasteiger partial charge in [-0.15, -0.1) is 11.3 Å². The summed E-state index contributed by atoms with van der Waals surface area (Å²) in [5.41, 5.74) is 2.84. The number of halogens is 1. The molecule has 2 aromatic carbocycles. The molecule has 2 heteroatoms. The molecule has 0 fully saturated rings. The second-order valence-electron chi connectivity index (χ2n) is 4.67. The summed E-state index contributed by atoms with van der Waals surface area (Å²) in [4.78, 5) is 0.437. The fraction of sp³-hybridized carbons (Fsp3) is 0.176. The topological polar surface area (TPSA) is 0 Å². The Morgan fingerprint density at radius 1 is 0.947 bits per heavy atom. The molecule has 0 saturated carbocycles. The Morgan fingerprint density at radius 2 is 1.68 bits per heavy atom. The van der Waals surface area contributed by atoms with Crippen molar-refractivity contribution in [2.45, 2.75) is 17.7 Å². The minimum atomic E-state index is 0.437. The van der Waals surface area contributed by atoms with Crippen molar-refractivity contribution in [2.75, 3.05) is 0 Å². The summed E-state index contributed by atoms with van der Waals surface area (Å²) in [5, 5.41) is 3.72. The molecule has 0 nitrogen and oxygen atoms in total. The molecule has 0 amide bonds. The van der Waals surface area contributed by atoms with Crippen molar-refractivity contribution in [1.29, 1.82) is 0 Å². The Morgan fingerprint density at radius 3 is 2.53 bits per heavy atom. The molecule has 1 heterocycles. The predicted octanol–water partition coefficient (Wildman–Crippen LogP) is 5.97. The lowest BCUT2D eigenvalue weighted by Gasteiger charge is -2.09. The van der Waals surface area contributed by atoms with Crippen LogP contribution < -0.4 is 0 Å². The van der Waals surface area contributed by atoms with Gasteiger partial charge in [-0.3, -0.25) is 0 Å². The number of fused-ring (bicyclic) bond motifs is 1. The number of aryl methyl sites for hydroxylation is 1. The fourth-order valence-electron chi connectivity index (χ4n) is 2.34. The van der Waals surface area contributed by atoms with Crippen LogP contribution in [0.1, 0.15) is 22.4 Å². The van der Waals surface area contributed by atoms with Crippen LogP contribution >= 0.6 is 27.3 Å². The zero-order valence-electron chi connectivity index (χ0n) is 10.6. The molecule has 0 aliphatic heterocycles. The average molecular weight is 331 g/mol. The van der Waals surface area contributed by atoms with Crippen LogP contribution in [0.5, 0.6) is 0 Å². The molecule has 3 aromatic rings. The van der Waals surface area contributed by atoms with Crippen molar-refractivity contribution in [3.63, 3.8) is 0 Å². The van der Waals surface area contributed by atoms with E-state index in [1.165, 1.54) is 21.2 Å². The lowest BCUT2D eigenvalue weighted by molar-refractivity contribution is 0.819. The highest BCUT2D eigenvalue weighted by Gasteiger charge is 2.09. The van der Waals surface area contributed by atoms with E-state index in [-0.39, 0.29) is 0 Å². The van der Waals surface area contributed by atoms with E-state index in [4.69, 9.17) is 0 Å². The van der Waals surface area contributed by atoms with Gasteiger partial charge >= 0.3 is 0 Å². The maximum absolute atomic E-state index is 3.80. The maximum atomic E-state index is 3.80. The Bertz CT molecular complexity index is 657. The van der Waals surface area contributed by atoms with Gasteiger partial charge in [0.15, 0.2) is 0 Å². The first-order valence-corrected chi connectivity index (χ1v) is 8.28. The zero-order valence-corrected chi connectivity index (χ0v) is 13.0. The van der Waals surface area contributed by atoms with Gasteiger partial charge in [-0.1, -0.05) is 64.5 Å². The lowest BCUT2D eigenvalue weighted by atomic mass is 10.0. The van der Waals surface area contributed by atoms with Gasteiger partial charge in [-0.25, -0.2) is 0 Å². The molecule has 1 aromatic heterocycles. The minimum absolute atomic E-state index is 0.437. The quantitative estimate of drug-likeness (QED) is 0.517. The molecule has 0 aliphatic carbocycles. The Kier molecular flexibility index (Phi) is 4.00. The number of alkyl halides is 1. The largest absolute Gasteiger partial charge is 0.144 e. The van der Waals surface area contributed by atoms with Crippen LogP contribution in [0.2, 0.25) is 0 Å². The van der Waals surface area contributed by atoms with E-state index >= 15 is 0 Å². The summed E-state index contributed by atoms with van der Waals surface area (Å²) >= 11 is 5.65. The highest BCUT2D eigenvalue weighted by molar-refractivity contribution is 9.09. The van der Waals surface area contributed by atoms with Crippen molar-refractivity contribution in [3.05, 3.63) is 71.1 Å². The van der Waals surface area contributed by atoms with Gasteiger partial charge in [0.05, 0.1) is 0 Å². The van der Waals surface area contributed by atoms with E-state index in [2.05, 4.69) is 75.9 Å². The van der Waals surface area contributed by atoms with Crippen LogP contribution in [0.3, 0.4) is 0 Å². The highest BCUT2D eigenvalue weighted by Crippen LogP contribution is 2.31.